The number of hydrogen-bond donors (Lipinski definition) is 1. The molecule has 1 N–H and O–H groups in total. The van der Waals surface area contributed by atoms with Crippen molar-refractivity contribution in [2.45, 2.75) is 31.3 Å². The summed E-state index contributed by atoms with van der Waals surface area (Å²) in [6.45, 7) is 1.40. The number of aliphatic hydroxyl groups is 1. The van der Waals surface area contributed by atoms with Crippen LogP contribution in [0.3, 0.4) is 0 Å². The number of amides is 1. The molecule has 0 bridgehead atoms. The van der Waals surface area contributed by atoms with E-state index in [1.165, 1.54) is 6.07 Å². The highest BCUT2D eigenvalue weighted by atomic mass is 32.2. The van der Waals surface area contributed by atoms with Gasteiger partial charge in [0.2, 0.25) is 0 Å². The first-order chi connectivity index (χ1) is 10.6. The highest BCUT2D eigenvalue weighted by Gasteiger charge is 2.42. The minimum atomic E-state index is -1.14. The molecule has 1 unspecified atom stereocenters. The molecule has 2 saturated heterocycles. The molecule has 2 heterocycles. The lowest BCUT2D eigenvalue weighted by Crippen LogP contribution is -2.51. The van der Waals surface area contributed by atoms with E-state index in [2.05, 4.69) is 0 Å². The van der Waals surface area contributed by atoms with E-state index in [-0.39, 0.29) is 11.7 Å². The van der Waals surface area contributed by atoms with Gasteiger partial charge in [0, 0.05) is 18.8 Å². The van der Waals surface area contributed by atoms with Crippen LogP contribution in [0.2, 0.25) is 0 Å². The molecule has 3 rings (SSSR count). The van der Waals surface area contributed by atoms with Crippen LogP contribution in [0.1, 0.15) is 24.8 Å². The number of rotatable bonds is 3. The first-order valence-electron chi connectivity index (χ1n) is 7.91. The third-order valence-corrected chi connectivity index (χ3v) is 5.89. The lowest BCUT2D eigenvalue weighted by atomic mass is 9.89. The van der Waals surface area contributed by atoms with Crippen molar-refractivity contribution in [2.75, 3.05) is 24.6 Å². The number of likely N-dealkylation sites (tertiary alicyclic amines) is 1. The van der Waals surface area contributed by atoms with Gasteiger partial charge < -0.3 is 10.0 Å². The number of benzene rings is 1. The van der Waals surface area contributed by atoms with E-state index in [4.69, 9.17) is 0 Å². The average Bonchev–Trinajstić information content (AvgIpc) is 2.95. The van der Waals surface area contributed by atoms with Crippen LogP contribution in [0.5, 0.6) is 0 Å². The van der Waals surface area contributed by atoms with Crippen LogP contribution in [0, 0.1) is 11.7 Å². The Hall–Kier alpha value is -1.07. The summed E-state index contributed by atoms with van der Waals surface area (Å²) in [4.78, 5) is 14.3. The zero-order valence-corrected chi connectivity index (χ0v) is 13.4. The van der Waals surface area contributed by atoms with Crippen LogP contribution in [0.25, 0.3) is 0 Å². The molecule has 2 fully saturated rings. The summed E-state index contributed by atoms with van der Waals surface area (Å²) in [5, 5.41) is 10.4. The second kappa shape index (κ2) is 6.59. The maximum Gasteiger partial charge on any atom is 0.255 e. The zero-order chi connectivity index (χ0) is 15.6. The Kier molecular flexibility index (Phi) is 4.73. The normalized spacial score (nSPS) is 26.4. The smallest absolute Gasteiger partial charge is 0.255 e. The van der Waals surface area contributed by atoms with Gasteiger partial charge >= 0.3 is 0 Å². The number of piperidine rings is 1. The minimum absolute atomic E-state index is 0.0956. The van der Waals surface area contributed by atoms with Gasteiger partial charge in [0.25, 0.3) is 5.91 Å². The van der Waals surface area contributed by atoms with E-state index in [0.717, 1.165) is 30.6 Å². The fraction of sp³-hybridized carbons (Fsp3) is 0.588. The largest absolute Gasteiger partial charge is 0.379 e. The molecule has 2 aliphatic heterocycles. The molecule has 1 atom stereocenters. The van der Waals surface area contributed by atoms with Crippen LogP contribution < -0.4 is 0 Å². The Morgan fingerprint density at radius 1 is 1.41 bits per heavy atom. The maximum atomic E-state index is 13.2. The van der Waals surface area contributed by atoms with Crippen LogP contribution in [-0.4, -0.2) is 46.1 Å². The highest BCUT2D eigenvalue weighted by Crippen LogP contribution is 2.31. The average molecular weight is 323 g/mol. The first kappa shape index (κ1) is 15.8. The lowest BCUT2D eigenvalue weighted by Gasteiger charge is -2.36. The van der Waals surface area contributed by atoms with E-state index in [9.17, 15) is 14.3 Å². The van der Waals surface area contributed by atoms with E-state index >= 15 is 0 Å². The molecule has 22 heavy (non-hydrogen) atoms. The summed E-state index contributed by atoms with van der Waals surface area (Å²) in [5.41, 5.74) is -0.115. The molecule has 0 radical (unpaired) electrons. The van der Waals surface area contributed by atoms with Crippen LogP contribution in [0.4, 0.5) is 4.39 Å². The molecule has 120 valence electrons. The number of carbonyl (C=O) groups excluding carboxylic acids is 1. The predicted molar refractivity (Wildman–Crippen MR) is 86.3 cm³/mol. The fourth-order valence-electron chi connectivity index (χ4n) is 3.35. The van der Waals surface area contributed by atoms with Gasteiger partial charge in [-0.25, -0.2) is 4.39 Å². The van der Waals surface area contributed by atoms with Gasteiger partial charge in [0.15, 0.2) is 5.60 Å². The Labute approximate surface area is 134 Å². The molecule has 1 aromatic carbocycles. The molecular formula is C17H22FNO2S. The molecule has 0 aromatic heterocycles. The summed E-state index contributed by atoms with van der Waals surface area (Å²) >= 11 is 1.64. The van der Waals surface area contributed by atoms with Crippen LogP contribution >= 0.6 is 11.8 Å². The summed E-state index contributed by atoms with van der Waals surface area (Å²) < 4.78 is 13.2. The van der Waals surface area contributed by atoms with Gasteiger partial charge in [-0.05, 0) is 55.1 Å². The van der Waals surface area contributed by atoms with Gasteiger partial charge in [0.05, 0.1) is 0 Å². The van der Waals surface area contributed by atoms with Gasteiger partial charge in [0.1, 0.15) is 5.82 Å². The number of halogens is 1. The zero-order valence-electron chi connectivity index (χ0n) is 12.6. The molecule has 5 heteroatoms. The van der Waals surface area contributed by atoms with Gasteiger partial charge in [-0.2, -0.15) is 11.8 Å². The van der Waals surface area contributed by atoms with E-state index < -0.39 is 5.60 Å². The summed E-state index contributed by atoms with van der Waals surface area (Å²) in [5.74, 6) is 1.58. The van der Waals surface area contributed by atoms with Crippen molar-refractivity contribution in [1.82, 2.24) is 4.90 Å². The van der Waals surface area contributed by atoms with E-state index in [1.807, 2.05) is 11.0 Å². The number of hydrogen-bond acceptors (Lipinski definition) is 3. The molecule has 3 nitrogen and oxygen atoms in total. The van der Waals surface area contributed by atoms with E-state index in [1.54, 1.807) is 23.9 Å². The maximum absolute atomic E-state index is 13.2. The Morgan fingerprint density at radius 3 is 2.82 bits per heavy atom. The van der Waals surface area contributed by atoms with Crippen molar-refractivity contribution < 1.29 is 14.3 Å². The molecular weight excluding hydrogens is 301 g/mol. The highest BCUT2D eigenvalue weighted by molar-refractivity contribution is 7.99. The summed E-state index contributed by atoms with van der Waals surface area (Å²) in [7, 11) is 0. The van der Waals surface area contributed by atoms with Crippen molar-refractivity contribution >= 4 is 17.7 Å². The number of thioether (sulfide) groups is 1. The predicted octanol–water partition coefficient (Wildman–Crippen LogP) is 2.47. The van der Waals surface area contributed by atoms with Crippen molar-refractivity contribution in [3.05, 3.63) is 35.6 Å². The molecule has 0 aliphatic carbocycles. The molecule has 0 spiro atoms. The molecule has 0 saturated carbocycles. The van der Waals surface area contributed by atoms with Crippen molar-refractivity contribution in [3.63, 3.8) is 0 Å². The molecule has 1 amide bonds. The van der Waals surface area contributed by atoms with Crippen molar-refractivity contribution in [2.24, 2.45) is 5.92 Å². The standard InChI is InChI=1S/C17H22FNO2S/c18-15-3-1-2-14(11-15)10-13-4-7-19(8-5-13)16(20)17(21)6-9-22-12-17/h1-3,11,13,21H,4-10,12H2. The monoisotopic (exact) mass is 323 g/mol. The first-order valence-corrected chi connectivity index (χ1v) is 9.06. The molecule has 1 aromatic rings. The van der Waals surface area contributed by atoms with Gasteiger partial charge in [-0.3, -0.25) is 4.79 Å². The van der Waals surface area contributed by atoms with Gasteiger partial charge in [-0.15, -0.1) is 0 Å². The number of carbonyl (C=O) groups is 1. The Bertz CT molecular complexity index is 537. The number of nitrogens with zero attached hydrogens (tertiary/aromatic N) is 1. The van der Waals surface area contributed by atoms with Crippen LogP contribution in [0.15, 0.2) is 24.3 Å². The summed E-state index contributed by atoms with van der Waals surface area (Å²) in [6, 6.07) is 6.76. The molecule has 2 aliphatic rings. The van der Waals surface area contributed by atoms with E-state index in [0.29, 0.717) is 31.2 Å². The third kappa shape index (κ3) is 3.46. The second-order valence-electron chi connectivity index (χ2n) is 6.40. The summed E-state index contributed by atoms with van der Waals surface area (Å²) in [6.07, 6.45) is 3.27. The van der Waals surface area contributed by atoms with Gasteiger partial charge in [-0.1, -0.05) is 12.1 Å². The second-order valence-corrected chi connectivity index (χ2v) is 7.51. The Morgan fingerprint density at radius 2 is 2.18 bits per heavy atom. The minimum Gasteiger partial charge on any atom is -0.379 e. The van der Waals surface area contributed by atoms with Crippen molar-refractivity contribution in [1.29, 1.82) is 0 Å². The quantitative estimate of drug-likeness (QED) is 0.929. The third-order valence-electron chi connectivity index (χ3n) is 4.71. The topological polar surface area (TPSA) is 40.5 Å². The lowest BCUT2D eigenvalue weighted by molar-refractivity contribution is -0.150. The van der Waals surface area contributed by atoms with Crippen molar-refractivity contribution in [3.8, 4) is 0 Å². The SMILES string of the molecule is O=C(N1CCC(Cc2cccc(F)c2)CC1)C1(O)CCSC1. The fourth-order valence-corrected chi connectivity index (χ4v) is 4.59. The van der Waals surface area contributed by atoms with Crippen LogP contribution in [-0.2, 0) is 11.2 Å². The Balaban J connectivity index is 1.53.